The van der Waals surface area contributed by atoms with E-state index in [2.05, 4.69) is 15.7 Å². The standard InChI is InChI=1S/C18H24N4O3/c1-24-15-5-4-14(16(12-15)25-2)13-20-17(23)18(6-9-19-10-7-18)22-11-3-8-21-22/h3-5,8,11-12,19H,6-7,9-10,13H2,1-2H3,(H,20,23). The van der Waals surface area contributed by atoms with Gasteiger partial charge < -0.3 is 20.1 Å². The molecule has 0 radical (unpaired) electrons. The number of nitrogens with one attached hydrogen (secondary N) is 2. The molecular weight excluding hydrogens is 320 g/mol. The highest BCUT2D eigenvalue weighted by Gasteiger charge is 2.41. The summed E-state index contributed by atoms with van der Waals surface area (Å²) in [5, 5.41) is 10.7. The van der Waals surface area contributed by atoms with Crippen molar-refractivity contribution in [3.05, 3.63) is 42.2 Å². The highest BCUT2D eigenvalue weighted by molar-refractivity contribution is 5.84. The predicted octanol–water partition coefficient (Wildman–Crippen LogP) is 1.30. The molecule has 134 valence electrons. The van der Waals surface area contributed by atoms with Crippen molar-refractivity contribution in [2.24, 2.45) is 0 Å². The molecular formula is C18H24N4O3. The average Bonchev–Trinajstić information content (AvgIpc) is 3.21. The molecule has 25 heavy (non-hydrogen) atoms. The number of hydrogen-bond donors (Lipinski definition) is 2. The Balaban J connectivity index is 1.77. The predicted molar refractivity (Wildman–Crippen MR) is 93.7 cm³/mol. The van der Waals surface area contributed by atoms with Crippen molar-refractivity contribution in [1.82, 2.24) is 20.4 Å². The van der Waals surface area contributed by atoms with Crippen molar-refractivity contribution < 1.29 is 14.3 Å². The van der Waals surface area contributed by atoms with Crippen LogP contribution in [0.15, 0.2) is 36.7 Å². The molecule has 1 aromatic heterocycles. The topological polar surface area (TPSA) is 77.4 Å². The number of methoxy groups -OCH3 is 2. The van der Waals surface area contributed by atoms with Crippen molar-refractivity contribution in [3.63, 3.8) is 0 Å². The van der Waals surface area contributed by atoms with Crippen LogP contribution in [0.2, 0.25) is 0 Å². The van der Waals surface area contributed by atoms with E-state index in [4.69, 9.17) is 9.47 Å². The van der Waals surface area contributed by atoms with Gasteiger partial charge in [0.15, 0.2) is 0 Å². The number of rotatable bonds is 6. The number of amides is 1. The number of carbonyl (C=O) groups excluding carboxylic acids is 1. The van der Waals surface area contributed by atoms with E-state index in [-0.39, 0.29) is 5.91 Å². The Bertz CT molecular complexity index is 709. The first kappa shape index (κ1) is 17.3. The molecule has 7 nitrogen and oxygen atoms in total. The zero-order valence-corrected chi connectivity index (χ0v) is 14.6. The van der Waals surface area contributed by atoms with E-state index < -0.39 is 5.54 Å². The molecule has 0 bridgehead atoms. The monoisotopic (exact) mass is 344 g/mol. The molecule has 0 saturated carbocycles. The summed E-state index contributed by atoms with van der Waals surface area (Å²) in [6.07, 6.45) is 4.99. The molecule has 1 fully saturated rings. The van der Waals surface area contributed by atoms with Gasteiger partial charge in [-0.25, -0.2) is 0 Å². The molecule has 0 aliphatic carbocycles. The number of ether oxygens (including phenoxy) is 2. The first-order valence-corrected chi connectivity index (χ1v) is 8.39. The normalized spacial score (nSPS) is 16.2. The highest BCUT2D eigenvalue weighted by Crippen LogP contribution is 2.28. The molecule has 0 spiro atoms. The van der Waals surface area contributed by atoms with E-state index in [1.807, 2.05) is 30.5 Å². The fourth-order valence-corrected chi connectivity index (χ4v) is 3.26. The van der Waals surface area contributed by atoms with Crippen molar-refractivity contribution >= 4 is 5.91 Å². The second-order valence-corrected chi connectivity index (χ2v) is 6.09. The second-order valence-electron chi connectivity index (χ2n) is 6.09. The van der Waals surface area contributed by atoms with Crippen LogP contribution in [0.25, 0.3) is 0 Å². The Kier molecular flexibility index (Phi) is 5.23. The minimum absolute atomic E-state index is 0.0180. The third kappa shape index (κ3) is 3.46. The first-order chi connectivity index (χ1) is 12.2. The summed E-state index contributed by atoms with van der Waals surface area (Å²) < 4.78 is 12.4. The lowest BCUT2D eigenvalue weighted by molar-refractivity contribution is -0.132. The number of aromatic nitrogens is 2. The van der Waals surface area contributed by atoms with Crippen LogP contribution in [0.5, 0.6) is 11.5 Å². The van der Waals surface area contributed by atoms with E-state index in [1.54, 1.807) is 25.1 Å². The summed E-state index contributed by atoms with van der Waals surface area (Å²) in [6, 6.07) is 7.43. The maximum atomic E-state index is 13.0. The van der Waals surface area contributed by atoms with Crippen LogP contribution >= 0.6 is 0 Å². The molecule has 3 rings (SSSR count). The number of hydrogen-bond acceptors (Lipinski definition) is 5. The van der Waals surface area contributed by atoms with Crippen LogP contribution in [0.4, 0.5) is 0 Å². The Hall–Kier alpha value is -2.54. The van der Waals surface area contributed by atoms with Crippen LogP contribution in [0.3, 0.4) is 0 Å². The summed E-state index contributed by atoms with van der Waals surface area (Å²) in [5.74, 6) is 1.40. The van der Waals surface area contributed by atoms with Gasteiger partial charge in [0.2, 0.25) is 5.91 Å². The lowest BCUT2D eigenvalue weighted by Crippen LogP contribution is -2.54. The summed E-state index contributed by atoms with van der Waals surface area (Å²) in [5.41, 5.74) is 0.259. The molecule has 2 aromatic rings. The molecule has 1 saturated heterocycles. The molecule has 1 amide bonds. The van der Waals surface area contributed by atoms with Crippen LogP contribution in [0, 0.1) is 0 Å². The van der Waals surface area contributed by atoms with Gasteiger partial charge in [-0.15, -0.1) is 0 Å². The molecule has 0 unspecified atom stereocenters. The van der Waals surface area contributed by atoms with E-state index in [0.717, 1.165) is 24.4 Å². The number of benzene rings is 1. The van der Waals surface area contributed by atoms with Gasteiger partial charge in [-0.1, -0.05) is 0 Å². The van der Waals surface area contributed by atoms with Crippen LogP contribution in [-0.2, 0) is 16.9 Å². The summed E-state index contributed by atoms with van der Waals surface area (Å²) in [6.45, 7) is 1.97. The minimum atomic E-state index is -0.644. The van der Waals surface area contributed by atoms with Gasteiger partial charge >= 0.3 is 0 Å². The Morgan fingerprint density at radius 3 is 2.76 bits per heavy atom. The Morgan fingerprint density at radius 1 is 1.32 bits per heavy atom. The fraction of sp³-hybridized carbons (Fsp3) is 0.444. The van der Waals surface area contributed by atoms with Crippen LogP contribution in [0.1, 0.15) is 18.4 Å². The molecule has 1 aliphatic heterocycles. The number of nitrogens with zero attached hydrogens (tertiary/aromatic N) is 2. The van der Waals surface area contributed by atoms with E-state index in [1.165, 1.54) is 0 Å². The van der Waals surface area contributed by atoms with Gasteiger partial charge in [-0.3, -0.25) is 9.48 Å². The van der Waals surface area contributed by atoms with E-state index >= 15 is 0 Å². The number of piperidine rings is 1. The lowest BCUT2D eigenvalue weighted by atomic mass is 9.87. The third-order valence-electron chi connectivity index (χ3n) is 4.73. The summed E-state index contributed by atoms with van der Waals surface area (Å²) in [4.78, 5) is 13.0. The summed E-state index contributed by atoms with van der Waals surface area (Å²) in [7, 11) is 3.22. The maximum Gasteiger partial charge on any atom is 0.248 e. The Labute approximate surface area is 147 Å². The largest absolute Gasteiger partial charge is 0.497 e. The zero-order chi connectivity index (χ0) is 17.7. The van der Waals surface area contributed by atoms with Gasteiger partial charge in [0, 0.05) is 30.6 Å². The third-order valence-corrected chi connectivity index (χ3v) is 4.73. The van der Waals surface area contributed by atoms with Crippen molar-refractivity contribution in [2.45, 2.75) is 24.9 Å². The smallest absolute Gasteiger partial charge is 0.248 e. The van der Waals surface area contributed by atoms with Gasteiger partial charge in [-0.05, 0) is 44.1 Å². The van der Waals surface area contributed by atoms with Gasteiger partial charge in [0.25, 0.3) is 0 Å². The average molecular weight is 344 g/mol. The SMILES string of the molecule is COc1ccc(CNC(=O)C2(n3cccn3)CCNCC2)c(OC)c1. The molecule has 1 aromatic carbocycles. The van der Waals surface area contributed by atoms with Crippen LogP contribution in [-0.4, -0.2) is 43.0 Å². The fourth-order valence-electron chi connectivity index (χ4n) is 3.26. The molecule has 7 heteroatoms. The van der Waals surface area contributed by atoms with Gasteiger partial charge in [0.1, 0.15) is 17.0 Å². The minimum Gasteiger partial charge on any atom is -0.497 e. The first-order valence-electron chi connectivity index (χ1n) is 8.39. The quantitative estimate of drug-likeness (QED) is 0.826. The Morgan fingerprint density at radius 2 is 2.12 bits per heavy atom. The zero-order valence-electron chi connectivity index (χ0n) is 14.6. The summed E-state index contributed by atoms with van der Waals surface area (Å²) >= 11 is 0. The molecule has 0 atom stereocenters. The van der Waals surface area contributed by atoms with Crippen LogP contribution < -0.4 is 20.1 Å². The van der Waals surface area contributed by atoms with Crippen molar-refractivity contribution in [3.8, 4) is 11.5 Å². The second kappa shape index (κ2) is 7.57. The molecule has 2 heterocycles. The van der Waals surface area contributed by atoms with Crippen molar-refractivity contribution in [2.75, 3.05) is 27.3 Å². The lowest BCUT2D eigenvalue weighted by Gasteiger charge is -2.36. The molecule has 2 N–H and O–H groups in total. The van der Waals surface area contributed by atoms with E-state index in [0.29, 0.717) is 25.1 Å². The number of carbonyl (C=O) groups is 1. The van der Waals surface area contributed by atoms with Gasteiger partial charge in [-0.2, -0.15) is 5.10 Å². The molecule has 1 aliphatic rings. The maximum absolute atomic E-state index is 13.0. The van der Waals surface area contributed by atoms with Crippen molar-refractivity contribution in [1.29, 1.82) is 0 Å². The van der Waals surface area contributed by atoms with Gasteiger partial charge in [0.05, 0.1) is 14.2 Å². The van der Waals surface area contributed by atoms with E-state index in [9.17, 15) is 4.79 Å². The highest BCUT2D eigenvalue weighted by atomic mass is 16.5.